The van der Waals surface area contributed by atoms with E-state index in [0.29, 0.717) is 6.61 Å². The molecule has 0 aromatic carbocycles. The zero-order valence-electron chi connectivity index (χ0n) is 6.98. The molecule has 0 unspecified atom stereocenters. The number of unbranched alkanes of at least 4 members (excludes halogenated alkanes) is 4. The number of hydrogen-bond acceptors (Lipinski definition) is 1. The molecular formula is C8H16Cl2O. The summed E-state index contributed by atoms with van der Waals surface area (Å²) >= 11 is 10.7. The van der Waals surface area contributed by atoms with Crippen molar-refractivity contribution in [3.63, 3.8) is 0 Å². The van der Waals surface area contributed by atoms with Crippen molar-refractivity contribution in [1.82, 2.24) is 0 Å². The lowest BCUT2D eigenvalue weighted by Crippen LogP contribution is -1.98. The maximum atomic E-state index is 5.36. The molecular weight excluding hydrogens is 183 g/mol. The molecule has 0 atom stereocenters. The molecule has 0 bridgehead atoms. The van der Waals surface area contributed by atoms with Gasteiger partial charge in [0.15, 0.2) is 0 Å². The van der Waals surface area contributed by atoms with Crippen molar-refractivity contribution in [2.75, 3.05) is 6.61 Å². The molecule has 0 saturated heterocycles. The van der Waals surface area contributed by atoms with Gasteiger partial charge in [-0.2, -0.15) is 0 Å². The minimum absolute atomic E-state index is 0.652. The molecule has 0 fully saturated rings. The highest BCUT2D eigenvalue weighted by atomic mass is 35.5. The summed E-state index contributed by atoms with van der Waals surface area (Å²) in [4.78, 5) is 0. The summed E-state index contributed by atoms with van der Waals surface area (Å²) in [7, 11) is 0. The number of hydrogen-bond donors (Lipinski definition) is 0. The molecule has 0 rings (SSSR count). The van der Waals surface area contributed by atoms with E-state index < -0.39 is 5.02 Å². The van der Waals surface area contributed by atoms with E-state index in [4.69, 9.17) is 27.9 Å². The number of rotatable bonds is 7. The summed E-state index contributed by atoms with van der Waals surface area (Å²) in [5, 5.41) is -0.652. The van der Waals surface area contributed by atoms with Crippen molar-refractivity contribution >= 4 is 23.2 Å². The Kier molecular flexibility index (Phi) is 9.06. The molecule has 68 valence electrons. The fourth-order valence-corrected chi connectivity index (χ4v) is 1.06. The largest absolute Gasteiger partial charge is 0.349 e. The van der Waals surface area contributed by atoms with Gasteiger partial charge in [-0.1, -0.05) is 55.8 Å². The van der Waals surface area contributed by atoms with Crippen molar-refractivity contribution in [3.8, 4) is 0 Å². The second-order valence-electron chi connectivity index (χ2n) is 2.55. The second kappa shape index (κ2) is 8.63. The predicted octanol–water partition coefficient (Wildman–Crippen LogP) is 3.73. The van der Waals surface area contributed by atoms with Gasteiger partial charge in [0.2, 0.25) is 5.02 Å². The molecule has 0 heterocycles. The molecule has 11 heavy (non-hydrogen) atoms. The average molecular weight is 199 g/mol. The van der Waals surface area contributed by atoms with E-state index in [-0.39, 0.29) is 0 Å². The monoisotopic (exact) mass is 198 g/mol. The van der Waals surface area contributed by atoms with E-state index in [1.807, 2.05) is 0 Å². The summed E-state index contributed by atoms with van der Waals surface area (Å²) in [6.45, 7) is 2.88. The zero-order chi connectivity index (χ0) is 8.53. The molecule has 0 spiro atoms. The Bertz CT molecular complexity index is 76.5. The van der Waals surface area contributed by atoms with Gasteiger partial charge in [0, 0.05) is 6.61 Å². The Morgan fingerprint density at radius 1 is 1.09 bits per heavy atom. The average Bonchev–Trinajstić information content (AvgIpc) is 1.96. The van der Waals surface area contributed by atoms with Crippen LogP contribution in [0.5, 0.6) is 0 Å². The third kappa shape index (κ3) is 10.5. The molecule has 0 aromatic heterocycles. The predicted molar refractivity (Wildman–Crippen MR) is 50.2 cm³/mol. The third-order valence-electron chi connectivity index (χ3n) is 1.49. The lowest BCUT2D eigenvalue weighted by atomic mass is 10.2. The van der Waals surface area contributed by atoms with Crippen LogP contribution in [-0.4, -0.2) is 11.6 Å². The van der Waals surface area contributed by atoms with Gasteiger partial charge in [0.05, 0.1) is 0 Å². The number of halogens is 2. The van der Waals surface area contributed by atoms with Gasteiger partial charge in [0.25, 0.3) is 0 Å². The van der Waals surface area contributed by atoms with Gasteiger partial charge in [-0.15, -0.1) is 0 Å². The summed E-state index contributed by atoms with van der Waals surface area (Å²) in [6.07, 6.45) is 6.15. The molecule has 3 heteroatoms. The third-order valence-corrected chi connectivity index (χ3v) is 1.74. The molecule has 0 saturated carbocycles. The van der Waals surface area contributed by atoms with E-state index in [1.165, 1.54) is 25.7 Å². The van der Waals surface area contributed by atoms with Crippen LogP contribution in [0.3, 0.4) is 0 Å². The SMILES string of the molecule is CCCCCCCOC(Cl)Cl. The second-order valence-corrected chi connectivity index (χ2v) is 3.56. The van der Waals surface area contributed by atoms with Crippen LogP contribution in [0.15, 0.2) is 0 Å². The Hall–Kier alpha value is 0.540. The van der Waals surface area contributed by atoms with Crippen LogP contribution in [0.4, 0.5) is 0 Å². The Balaban J connectivity index is 2.80. The van der Waals surface area contributed by atoms with Gasteiger partial charge in [0.1, 0.15) is 0 Å². The highest BCUT2D eigenvalue weighted by Gasteiger charge is 1.96. The van der Waals surface area contributed by atoms with Crippen LogP contribution in [-0.2, 0) is 4.74 Å². The lowest BCUT2D eigenvalue weighted by Gasteiger charge is -2.02. The van der Waals surface area contributed by atoms with Gasteiger partial charge in [-0.3, -0.25) is 0 Å². The molecule has 0 aliphatic heterocycles. The van der Waals surface area contributed by atoms with Crippen molar-refractivity contribution in [3.05, 3.63) is 0 Å². The minimum Gasteiger partial charge on any atom is -0.349 e. The van der Waals surface area contributed by atoms with Gasteiger partial charge in [-0.25, -0.2) is 0 Å². The number of ether oxygens (including phenoxy) is 1. The van der Waals surface area contributed by atoms with E-state index in [9.17, 15) is 0 Å². The van der Waals surface area contributed by atoms with Gasteiger partial charge in [-0.05, 0) is 6.42 Å². The molecule has 0 aromatic rings. The minimum atomic E-state index is -0.652. The summed E-state index contributed by atoms with van der Waals surface area (Å²) in [6, 6.07) is 0. The van der Waals surface area contributed by atoms with Crippen LogP contribution in [0.2, 0.25) is 0 Å². The van der Waals surface area contributed by atoms with Crippen LogP contribution in [0.1, 0.15) is 39.0 Å². The van der Waals surface area contributed by atoms with E-state index >= 15 is 0 Å². The van der Waals surface area contributed by atoms with Crippen LogP contribution < -0.4 is 0 Å². The first kappa shape index (κ1) is 11.5. The van der Waals surface area contributed by atoms with Crippen LogP contribution >= 0.6 is 23.2 Å². The van der Waals surface area contributed by atoms with Crippen molar-refractivity contribution in [1.29, 1.82) is 0 Å². The standard InChI is InChI=1S/C8H16Cl2O/c1-2-3-4-5-6-7-11-8(9)10/h8H,2-7H2,1H3. The zero-order valence-corrected chi connectivity index (χ0v) is 8.50. The van der Waals surface area contributed by atoms with E-state index in [2.05, 4.69) is 6.92 Å². The highest BCUT2D eigenvalue weighted by molar-refractivity contribution is 6.43. The molecule has 0 radical (unpaired) electrons. The highest BCUT2D eigenvalue weighted by Crippen LogP contribution is 2.06. The van der Waals surface area contributed by atoms with Crippen LogP contribution in [0.25, 0.3) is 0 Å². The van der Waals surface area contributed by atoms with Crippen molar-refractivity contribution in [2.45, 2.75) is 44.1 Å². The maximum Gasteiger partial charge on any atom is 0.206 e. The van der Waals surface area contributed by atoms with Crippen molar-refractivity contribution in [2.24, 2.45) is 0 Å². The fourth-order valence-electron chi connectivity index (χ4n) is 0.878. The number of alkyl halides is 2. The molecule has 0 N–H and O–H groups in total. The fraction of sp³-hybridized carbons (Fsp3) is 1.00. The Labute approximate surface area is 79.0 Å². The van der Waals surface area contributed by atoms with Gasteiger partial charge >= 0.3 is 0 Å². The normalized spacial score (nSPS) is 10.9. The quantitative estimate of drug-likeness (QED) is 0.448. The lowest BCUT2D eigenvalue weighted by molar-refractivity contribution is 0.149. The Morgan fingerprint density at radius 2 is 1.73 bits per heavy atom. The summed E-state index contributed by atoms with van der Waals surface area (Å²) in [5.41, 5.74) is 0. The molecule has 0 aliphatic rings. The topological polar surface area (TPSA) is 9.23 Å². The van der Waals surface area contributed by atoms with E-state index in [0.717, 1.165) is 6.42 Å². The summed E-state index contributed by atoms with van der Waals surface area (Å²) < 4.78 is 4.95. The first-order valence-corrected chi connectivity index (χ1v) is 5.04. The van der Waals surface area contributed by atoms with Crippen molar-refractivity contribution < 1.29 is 4.74 Å². The Morgan fingerprint density at radius 3 is 2.27 bits per heavy atom. The van der Waals surface area contributed by atoms with Gasteiger partial charge < -0.3 is 4.74 Å². The first-order chi connectivity index (χ1) is 5.27. The molecule has 0 aliphatic carbocycles. The molecule has 1 nitrogen and oxygen atoms in total. The molecule has 0 amide bonds. The smallest absolute Gasteiger partial charge is 0.206 e. The maximum absolute atomic E-state index is 5.36. The van der Waals surface area contributed by atoms with E-state index in [1.54, 1.807) is 0 Å². The summed E-state index contributed by atoms with van der Waals surface area (Å²) in [5.74, 6) is 0. The van der Waals surface area contributed by atoms with Crippen LogP contribution in [0, 0.1) is 0 Å². The first-order valence-electron chi connectivity index (χ1n) is 4.17.